The summed E-state index contributed by atoms with van der Waals surface area (Å²) in [4.78, 5) is 4.41. The van der Waals surface area contributed by atoms with Gasteiger partial charge in [-0.05, 0) is 37.3 Å². The monoisotopic (exact) mass is 616 g/mol. The van der Waals surface area contributed by atoms with Crippen LogP contribution in [0.15, 0.2) is 49.1 Å². The molecule has 0 amide bonds. The highest BCUT2D eigenvalue weighted by atomic mass is 19.4. The molecule has 2 aliphatic rings. The van der Waals surface area contributed by atoms with Crippen molar-refractivity contribution in [2.24, 2.45) is 12.5 Å². The van der Waals surface area contributed by atoms with Gasteiger partial charge in [-0.1, -0.05) is 39.5 Å². The maximum Gasteiger partial charge on any atom is 0.413 e. The van der Waals surface area contributed by atoms with E-state index >= 15 is 0 Å². The maximum atomic E-state index is 14.0. The predicted octanol–water partition coefficient (Wildman–Crippen LogP) is 5.96. The van der Waals surface area contributed by atoms with Gasteiger partial charge in [0, 0.05) is 54.4 Å². The van der Waals surface area contributed by atoms with Crippen LogP contribution in [0, 0.1) is 28.1 Å². The Morgan fingerprint density at radius 3 is 2.51 bits per heavy atom. The standard InChI is InChI=1S/C32H35F3N10/c1-7-8-20-16-44(6)42-26(20)19(2)27(25-17-45(43-41-25)31(9-10-31)32(33,34)35)40-23-11-21(13-36)28-24(12-23)29(22(14-37)15-38-28)39-18-30(3,4)5/h7-8,11-12,15-17,27,40-41,43H,2,9-10,18H2,1,3-6H3,(H,38,39)/b8-7-/t27-/m0/s1. The summed E-state index contributed by atoms with van der Waals surface area (Å²) >= 11 is 0. The number of rotatable bonds is 9. The van der Waals surface area contributed by atoms with E-state index in [4.69, 9.17) is 0 Å². The van der Waals surface area contributed by atoms with Crippen molar-refractivity contribution >= 4 is 33.9 Å². The molecule has 0 spiro atoms. The zero-order valence-corrected chi connectivity index (χ0v) is 25.8. The molecule has 10 nitrogen and oxygen atoms in total. The number of nitrogens with zero attached hydrogens (tertiary/aromatic N) is 6. The molecule has 2 aromatic heterocycles. The first-order valence-electron chi connectivity index (χ1n) is 14.4. The van der Waals surface area contributed by atoms with E-state index in [2.05, 4.69) is 71.2 Å². The molecular weight excluding hydrogens is 581 g/mol. The second-order valence-corrected chi connectivity index (χ2v) is 12.5. The van der Waals surface area contributed by atoms with E-state index in [1.54, 1.807) is 23.9 Å². The highest BCUT2D eigenvalue weighted by Gasteiger charge is 2.67. The summed E-state index contributed by atoms with van der Waals surface area (Å²) in [5.74, 6) is 0. The number of allylic oxidation sites excluding steroid dienone is 1. The fourth-order valence-corrected chi connectivity index (χ4v) is 5.30. The first-order chi connectivity index (χ1) is 21.2. The van der Waals surface area contributed by atoms with Gasteiger partial charge >= 0.3 is 6.18 Å². The number of aryl methyl sites for hydroxylation is 1. The summed E-state index contributed by atoms with van der Waals surface area (Å²) in [7, 11) is 1.77. The summed E-state index contributed by atoms with van der Waals surface area (Å²) < 4.78 is 43.6. The van der Waals surface area contributed by atoms with Crippen LogP contribution >= 0.6 is 0 Å². The molecule has 1 atom stereocenters. The van der Waals surface area contributed by atoms with Gasteiger partial charge in [-0.25, -0.2) is 0 Å². The van der Waals surface area contributed by atoms with Crippen LogP contribution in [-0.2, 0) is 7.05 Å². The summed E-state index contributed by atoms with van der Waals surface area (Å²) in [5, 5.41) is 32.9. The minimum absolute atomic E-state index is 0.0333. The Balaban J connectivity index is 1.62. The smallest absolute Gasteiger partial charge is 0.383 e. The Morgan fingerprint density at radius 1 is 1.20 bits per heavy atom. The third-order valence-corrected chi connectivity index (χ3v) is 7.79. The van der Waals surface area contributed by atoms with Crippen LogP contribution in [0.2, 0.25) is 0 Å². The number of hydrogen-bond donors (Lipinski definition) is 4. The number of anilines is 2. The van der Waals surface area contributed by atoms with Crippen molar-refractivity contribution in [1.29, 1.82) is 10.5 Å². The summed E-state index contributed by atoms with van der Waals surface area (Å²) in [6, 6.07) is 6.98. The SMILES string of the molecule is C=C(c1nn(C)cc1/C=C\C)[C@H](Nc1cc(C#N)c2ncc(C#N)c(NCC(C)(C)C)c2c1)C1=CN(C2(C(F)(F)F)CC2)NN1. The molecule has 1 saturated carbocycles. The van der Waals surface area contributed by atoms with Gasteiger partial charge in [-0.15, -0.1) is 5.53 Å². The Hall–Kier alpha value is -5.01. The zero-order chi connectivity index (χ0) is 32.7. The van der Waals surface area contributed by atoms with Crippen molar-refractivity contribution in [3.8, 4) is 12.1 Å². The summed E-state index contributed by atoms with van der Waals surface area (Å²) in [6.07, 6.45) is 3.91. The normalized spacial score (nSPS) is 16.6. The summed E-state index contributed by atoms with van der Waals surface area (Å²) in [5.41, 5.74) is 7.69. The second kappa shape index (κ2) is 11.5. The van der Waals surface area contributed by atoms with Crippen LogP contribution in [0.1, 0.15) is 62.9 Å². The van der Waals surface area contributed by atoms with Crippen LogP contribution in [-0.4, -0.2) is 44.1 Å². The molecule has 0 radical (unpaired) electrons. The largest absolute Gasteiger partial charge is 0.413 e. The molecule has 0 saturated heterocycles. The molecule has 13 heteroatoms. The average molecular weight is 617 g/mol. The Bertz CT molecular complexity index is 1790. The number of nitrogens with one attached hydrogen (secondary N) is 4. The summed E-state index contributed by atoms with van der Waals surface area (Å²) in [6.45, 7) is 12.9. The van der Waals surface area contributed by atoms with Gasteiger partial charge < -0.3 is 16.1 Å². The number of benzene rings is 1. The lowest BCUT2D eigenvalue weighted by molar-refractivity contribution is -0.195. The number of nitriles is 2. The first-order valence-corrected chi connectivity index (χ1v) is 14.4. The van der Waals surface area contributed by atoms with Gasteiger partial charge in [0.1, 0.15) is 12.1 Å². The van der Waals surface area contributed by atoms with Crippen molar-refractivity contribution in [3.05, 3.63) is 71.5 Å². The Kier molecular flexibility index (Phi) is 8.02. The van der Waals surface area contributed by atoms with Crippen LogP contribution in [0.4, 0.5) is 24.5 Å². The third kappa shape index (κ3) is 6.04. The minimum Gasteiger partial charge on any atom is -0.383 e. The van der Waals surface area contributed by atoms with E-state index in [-0.39, 0.29) is 23.8 Å². The van der Waals surface area contributed by atoms with Crippen molar-refractivity contribution in [1.82, 2.24) is 30.7 Å². The van der Waals surface area contributed by atoms with Gasteiger partial charge in [0.25, 0.3) is 0 Å². The quantitative estimate of drug-likeness (QED) is 0.230. The van der Waals surface area contributed by atoms with E-state index < -0.39 is 17.8 Å². The van der Waals surface area contributed by atoms with Crippen molar-refractivity contribution in [2.45, 2.75) is 58.3 Å². The molecule has 0 unspecified atom stereocenters. The van der Waals surface area contributed by atoms with E-state index in [1.807, 2.05) is 25.3 Å². The zero-order valence-electron chi connectivity index (χ0n) is 25.8. The number of alkyl halides is 3. The van der Waals surface area contributed by atoms with E-state index in [0.29, 0.717) is 51.3 Å². The highest BCUT2D eigenvalue weighted by molar-refractivity contribution is 5.99. The number of halogens is 3. The fraction of sp³-hybridized carbons (Fsp3) is 0.375. The molecule has 45 heavy (non-hydrogen) atoms. The van der Waals surface area contributed by atoms with E-state index in [0.717, 1.165) is 10.6 Å². The molecule has 1 aromatic carbocycles. The van der Waals surface area contributed by atoms with Crippen LogP contribution in [0.5, 0.6) is 0 Å². The molecule has 234 valence electrons. The number of pyridine rings is 1. The number of fused-ring (bicyclic) bond motifs is 1. The molecule has 1 aliphatic heterocycles. The van der Waals surface area contributed by atoms with Gasteiger partial charge in [-0.3, -0.25) is 14.7 Å². The molecule has 1 fully saturated rings. The number of aromatic nitrogens is 3. The van der Waals surface area contributed by atoms with Gasteiger partial charge in [0.2, 0.25) is 0 Å². The maximum absolute atomic E-state index is 14.0. The van der Waals surface area contributed by atoms with Crippen LogP contribution in [0.25, 0.3) is 22.6 Å². The van der Waals surface area contributed by atoms with Crippen LogP contribution in [0.3, 0.4) is 0 Å². The molecule has 1 aliphatic carbocycles. The van der Waals surface area contributed by atoms with E-state index in [9.17, 15) is 23.7 Å². The lowest BCUT2D eigenvalue weighted by atomic mass is 9.96. The van der Waals surface area contributed by atoms with Crippen molar-refractivity contribution in [2.75, 3.05) is 17.2 Å². The Morgan fingerprint density at radius 2 is 1.91 bits per heavy atom. The highest BCUT2D eigenvalue weighted by Crippen LogP contribution is 2.53. The van der Waals surface area contributed by atoms with Gasteiger partial charge in [-0.2, -0.15) is 28.8 Å². The predicted molar refractivity (Wildman–Crippen MR) is 168 cm³/mol. The van der Waals surface area contributed by atoms with Crippen molar-refractivity contribution in [3.63, 3.8) is 0 Å². The fourth-order valence-electron chi connectivity index (χ4n) is 5.30. The first kappa shape index (κ1) is 31.4. The van der Waals surface area contributed by atoms with Crippen molar-refractivity contribution < 1.29 is 13.2 Å². The van der Waals surface area contributed by atoms with Gasteiger partial charge in [0.05, 0.1) is 39.8 Å². The van der Waals surface area contributed by atoms with E-state index in [1.165, 1.54) is 12.4 Å². The lowest BCUT2D eigenvalue weighted by Gasteiger charge is -2.28. The third-order valence-electron chi connectivity index (χ3n) is 7.79. The molecule has 0 bridgehead atoms. The Labute approximate surface area is 259 Å². The minimum atomic E-state index is -4.43. The number of hydrazine groups is 2. The molecule has 3 heterocycles. The lowest BCUT2D eigenvalue weighted by Crippen LogP contribution is -2.52. The second-order valence-electron chi connectivity index (χ2n) is 12.5. The molecule has 4 N–H and O–H groups in total. The number of hydrogen-bond acceptors (Lipinski definition) is 9. The average Bonchev–Trinajstić information content (AvgIpc) is 3.53. The topological polar surface area (TPSA) is 130 Å². The molecule has 5 rings (SSSR count). The molecular formula is C32H35F3N10. The van der Waals surface area contributed by atoms with Gasteiger partial charge in [0.15, 0.2) is 5.54 Å². The molecule has 3 aromatic rings. The van der Waals surface area contributed by atoms with Crippen LogP contribution < -0.4 is 21.6 Å².